The summed E-state index contributed by atoms with van der Waals surface area (Å²) in [5, 5.41) is 0. The minimum Gasteiger partial charge on any atom is -0.490 e. The summed E-state index contributed by atoms with van der Waals surface area (Å²) < 4.78 is 19.6. The first-order chi connectivity index (χ1) is 24.3. The molecule has 1 aromatic rings. The zero-order valence-corrected chi connectivity index (χ0v) is 33.8. The molecule has 1 aromatic carbocycles. The van der Waals surface area contributed by atoms with Crippen molar-refractivity contribution in [3.63, 3.8) is 0 Å². The molecule has 0 saturated carbocycles. The molecule has 0 spiro atoms. The van der Waals surface area contributed by atoms with Crippen molar-refractivity contribution in [1.82, 2.24) is 0 Å². The Hall–Kier alpha value is -1.38. The Kier molecular flexibility index (Phi) is 33.9. The van der Waals surface area contributed by atoms with E-state index in [9.17, 15) is 0 Å². The lowest BCUT2D eigenvalue weighted by Crippen LogP contribution is -2.07. The van der Waals surface area contributed by atoms with E-state index in [2.05, 4.69) is 39.8 Å². The third-order valence-electron chi connectivity index (χ3n) is 10.2. The van der Waals surface area contributed by atoms with Crippen molar-refractivity contribution in [3.05, 3.63) is 17.7 Å². The van der Waals surface area contributed by atoms with Gasteiger partial charge in [-0.05, 0) is 49.8 Å². The minimum atomic E-state index is 0.744. The van der Waals surface area contributed by atoms with Gasteiger partial charge in [0.1, 0.15) is 0 Å². The lowest BCUT2D eigenvalue weighted by atomic mass is 10.1. The lowest BCUT2D eigenvalue weighted by Gasteiger charge is -2.19. The number of ether oxygens (including phenoxy) is 3. The molecule has 1 rings (SSSR count). The molecule has 0 aliphatic heterocycles. The maximum atomic E-state index is 6.55. The van der Waals surface area contributed by atoms with E-state index in [0.29, 0.717) is 0 Å². The zero-order chi connectivity index (χ0) is 35.3. The molecular formula is C46H86O3. The average molecular weight is 687 g/mol. The molecule has 288 valence electrons. The second kappa shape index (κ2) is 36.4. The van der Waals surface area contributed by atoms with Crippen LogP contribution in [0, 0.1) is 0 Å². The summed E-state index contributed by atoms with van der Waals surface area (Å²) in [6.45, 7) is 11.4. The number of unbranched alkanes of at least 4 members (excludes halogenated alkanes) is 28. The fourth-order valence-corrected chi connectivity index (χ4v) is 6.82. The van der Waals surface area contributed by atoms with Gasteiger partial charge < -0.3 is 14.2 Å². The summed E-state index contributed by atoms with van der Waals surface area (Å²) in [7, 11) is 0. The van der Waals surface area contributed by atoms with Gasteiger partial charge in [0.05, 0.1) is 19.8 Å². The first-order valence-corrected chi connectivity index (χ1v) is 22.3. The van der Waals surface area contributed by atoms with E-state index in [1.807, 2.05) is 0 Å². The van der Waals surface area contributed by atoms with Crippen LogP contribution in [0.25, 0.3) is 0 Å². The minimum absolute atomic E-state index is 0.744. The number of hydrogen-bond donors (Lipinski definition) is 0. The van der Waals surface area contributed by atoms with Crippen LogP contribution in [0.2, 0.25) is 0 Å². The molecule has 0 amide bonds. The summed E-state index contributed by atoms with van der Waals surface area (Å²) in [6.07, 6.45) is 43.6. The van der Waals surface area contributed by atoms with Gasteiger partial charge in [-0.25, -0.2) is 0 Å². The zero-order valence-electron chi connectivity index (χ0n) is 33.8. The van der Waals surface area contributed by atoms with Gasteiger partial charge in [-0.3, -0.25) is 0 Å². The van der Waals surface area contributed by atoms with Gasteiger partial charge >= 0.3 is 0 Å². The summed E-state index contributed by atoms with van der Waals surface area (Å²) in [5.74, 6) is 2.68. The predicted molar refractivity (Wildman–Crippen MR) is 217 cm³/mol. The molecule has 0 fully saturated rings. The monoisotopic (exact) mass is 687 g/mol. The van der Waals surface area contributed by atoms with E-state index < -0.39 is 0 Å². The first kappa shape index (κ1) is 45.6. The molecular weight excluding hydrogens is 601 g/mol. The van der Waals surface area contributed by atoms with E-state index in [0.717, 1.165) is 62.8 Å². The SMILES string of the molecule is CCCCCCCCCCCCOc1cc(CCCC)cc(OCCCCCCCCCCCC)c1OCCCCCCCCCCCC. The predicted octanol–water partition coefficient (Wildman–Crippen LogP) is 15.9. The van der Waals surface area contributed by atoms with Crippen molar-refractivity contribution >= 4 is 0 Å². The Morgan fingerprint density at radius 2 is 0.571 bits per heavy atom. The largest absolute Gasteiger partial charge is 0.490 e. The van der Waals surface area contributed by atoms with Crippen molar-refractivity contribution < 1.29 is 14.2 Å². The fraction of sp³-hybridized carbons (Fsp3) is 0.870. The Morgan fingerprint density at radius 1 is 0.306 bits per heavy atom. The number of aryl methyl sites for hydroxylation is 1. The number of rotatable bonds is 39. The molecule has 0 saturated heterocycles. The van der Waals surface area contributed by atoms with Gasteiger partial charge in [-0.2, -0.15) is 0 Å². The molecule has 0 bridgehead atoms. The molecule has 3 nitrogen and oxygen atoms in total. The molecule has 0 aromatic heterocycles. The maximum absolute atomic E-state index is 6.55. The Bertz CT molecular complexity index is 759. The van der Waals surface area contributed by atoms with Crippen molar-refractivity contribution in [2.24, 2.45) is 0 Å². The fourth-order valence-electron chi connectivity index (χ4n) is 6.82. The molecule has 0 aliphatic rings. The van der Waals surface area contributed by atoms with E-state index in [1.54, 1.807) is 0 Å². The van der Waals surface area contributed by atoms with Crippen LogP contribution >= 0.6 is 0 Å². The smallest absolute Gasteiger partial charge is 0.203 e. The normalized spacial score (nSPS) is 11.3. The summed E-state index contributed by atoms with van der Waals surface area (Å²) >= 11 is 0. The van der Waals surface area contributed by atoms with Gasteiger partial charge in [0.15, 0.2) is 11.5 Å². The van der Waals surface area contributed by atoms with E-state index in [-0.39, 0.29) is 0 Å². The van der Waals surface area contributed by atoms with Crippen LogP contribution in [-0.2, 0) is 6.42 Å². The lowest BCUT2D eigenvalue weighted by molar-refractivity contribution is 0.234. The van der Waals surface area contributed by atoms with Crippen LogP contribution in [0.5, 0.6) is 17.2 Å². The summed E-state index contributed by atoms with van der Waals surface area (Å²) in [6, 6.07) is 4.51. The highest BCUT2D eigenvalue weighted by molar-refractivity contribution is 5.54. The molecule has 0 radical (unpaired) electrons. The Balaban J connectivity index is 2.64. The van der Waals surface area contributed by atoms with Crippen LogP contribution in [0.1, 0.15) is 239 Å². The Labute approximate surface area is 307 Å². The van der Waals surface area contributed by atoms with Gasteiger partial charge in [0.25, 0.3) is 0 Å². The quantitative estimate of drug-likeness (QED) is 0.0645. The second-order valence-corrected chi connectivity index (χ2v) is 15.1. The number of hydrogen-bond acceptors (Lipinski definition) is 3. The van der Waals surface area contributed by atoms with Gasteiger partial charge in [0.2, 0.25) is 5.75 Å². The highest BCUT2D eigenvalue weighted by atomic mass is 16.5. The van der Waals surface area contributed by atoms with Crippen molar-refractivity contribution in [1.29, 1.82) is 0 Å². The molecule has 0 heterocycles. The molecule has 0 N–H and O–H groups in total. The summed E-state index contributed by atoms with van der Waals surface area (Å²) in [4.78, 5) is 0. The first-order valence-electron chi connectivity index (χ1n) is 22.3. The molecule has 0 unspecified atom stereocenters. The van der Waals surface area contributed by atoms with Crippen LogP contribution in [-0.4, -0.2) is 19.8 Å². The third-order valence-corrected chi connectivity index (χ3v) is 10.2. The average Bonchev–Trinajstić information content (AvgIpc) is 3.11. The van der Waals surface area contributed by atoms with Gasteiger partial charge in [0, 0.05) is 0 Å². The molecule has 0 aliphatic carbocycles. The van der Waals surface area contributed by atoms with Crippen LogP contribution in [0.3, 0.4) is 0 Å². The maximum Gasteiger partial charge on any atom is 0.203 e. The van der Waals surface area contributed by atoms with Gasteiger partial charge in [-0.1, -0.05) is 207 Å². The van der Waals surface area contributed by atoms with E-state index in [4.69, 9.17) is 14.2 Å². The highest BCUT2D eigenvalue weighted by Crippen LogP contribution is 2.40. The third kappa shape index (κ3) is 28.0. The molecule has 49 heavy (non-hydrogen) atoms. The van der Waals surface area contributed by atoms with Crippen molar-refractivity contribution in [2.75, 3.05) is 19.8 Å². The molecule has 0 atom stereocenters. The topological polar surface area (TPSA) is 27.7 Å². The Morgan fingerprint density at radius 3 is 0.878 bits per heavy atom. The molecule has 3 heteroatoms. The van der Waals surface area contributed by atoms with Crippen LogP contribution in [0.4, 0.5) is 0 Å². The summed E-state index contributed by atoms with van der Waals surface area (Å²) in [5.41, 5.74) is 1.32. The second-order valence-electron chi connectivity index (χ2n) is 15.1. The standard InChI is InChI=1S/C46H86O3/c1-5-9-13-16-19-22-25-28-31-34-38-47-44-41-43(37-12-8-4)42-45(48-39-35-32-29-26-23-20-17-14-10-6-2)46(44)49-40-36-33-30-27-24-21-18-15-11-7-3/h41-42H,5-40H2,1-4H3. The van der Waals surface area contributed by atoms with Crippen LogP contribution < -0.4 is 14.2 Å². The van der Waals surface area contributed by atoms with Gasteiger partial charge in [-0.15, -0.1) is 0 Å². The van der Waals surface area contributed by atoms with Crippen molar-refractivity contribution in [3.8, 4) is 17.2 Å². The van der Waals surface area contributed by atoms with Crippen LogP contribution in [0.15, 0.2) is 12.1 Å². The highest BCUT2D eigenvalue weighted by Gasteiger charge is 2.16. The van der Waals surface area contributed by atoms with Crippen molar-refractivity contribution in [2.45, 2.75) is 240 Å². The van der Waals surface area contributed by atoms with E-state index >= 15 is 0 Å². The number of benzene rings is 1. The van der Waals surface area contributed by atoms with E-state index in [1.165, 1.54) is 192 Å².